The summed E-state index contributed by atoms with van der Waals surface area (Å²) in [6, 6.07) is 19.5. The quantitative estimate of drug-likeness (QED) is 0.178. The molecule has 0 unspecified atom stereocenters. The average molecular weight is 616 g/mol. The topological polar surface area (TPSA) is 102 Å². The Morgan fingerprint density at radius 2 is 1.67 bits per heavy atom. The number of amides is 2. The first-order valence-electron chi connectivity index (χ1n) is 16.4. The highest BCUT2D eigenvalue weighted by Crippen LogP contribution is 2.47. The van der Waals surface area contributed by atoms with E-state index in [0.29, 0.717) is 23.8 Å². The number of carbonyl (C=O) groups is 2. The maximum atomic E-state index is 13.4. The Bertz CT molecular complexity index is 2020. The molecule has 1 saturated carbocycles. The number of rotatable bonds is 6. The van der Waals surface area contributed by atoms with Crippen LogP contribution in [-0.4, -0.2) is 29.1 Å². The molecule has 8 rings (SSSR count). The molecular formula is C38H37N3O5. The molecule has 46 heavy (non-hydrogen) atoms. The van der Waals surface area contributed by atoms with Crippen LogP contribution >= 0.6 is 0 Å². The molecule has 0 saturated heterocycles. The predicted octanol–water partition coefficient (Wildman–Crippen LogP) is 8.33. The fourth-order valence-corrected chi connectivity index (χ4v) is 7.47. The second kappa shape index (κ2) is 11.4. The summed E-state index contributed by atoms with van der Waals surface area (Å²) in [5.41, 5.74) is 8.35. The summed E-state index contributed by atoms with van der Waals surface area (Å²) < 4.78 is 17.9. The van der Waals surface area contributed by atoms with E-state index in [2.05, 4.69) is 27.8 Å². The average Bonchev–Trinajstić information content (AvgIpc) is 3.61. The molecular weight excluding hydrogens is 578 g/mol. The highest BCUT2D eigenvalue weighted by molar-refractivity contribution is 6.19. The van der Waals surface area contributed by atoms with Crippen LogP contribution in [0.25, 0.3) is 32.9 Å². The van der Waals surface area contributed by atoms with Crippen molar-refractivity contribution in [3.8, 4) is 34.1 Å². The summed E-state index contributed by atoms with van der Waals surface area (Å²) in [4.78, 5) is 29.6. The maximum absolute atomic E-state index is 13.4. The molecule has 1 fully saturated rings. The van der Waals surface area contributed by atoms with Crippen LogP contribution in [0, 0.1) is 0 Å². The minimum atomic E-state index is -0.434. The van der Waals surface area contributed by atoms with Crippen LogP contribution < -0.4 is 24.8 Å². The lowest BCUT2D eigenvalue weighted by Gasteiger charge is -2.24. The van der Waals surface area contributed by atoms with E-state index in [1.54, 1.807) is 12.1 Å². The monoisotopic (exact) mass is 615 g/mol. The minimum Gasteiger partial charge on any atom is -0.491 e. The standard InChI is InChI=1S/C38H37N3O5/c1-21(2)44-26-12-15-28-22(17-26)11-14-29-33(28)35-31(20-39-37(35)42)34-30-19-27(13-16-32(30)41-36(29)34)45-24-9-6-10-25(18-24)46-38(43)40-23-7-4-3-5-8-23/h6,9-10,12-13,15-19,21,23,41H,3-5,7-8,11,14,20H2,1-2H3,(H,39,42)(H,40,43). The van der Waals surface area contributed by atoms with Crippen molar-refractivity contribution in [3.63, 3.8) is 0 Å². The molecule has 0 atom stereocenters. The van der Waals surface area contributed by atoms with Crippen molar-refractivity contribution in [2.24, 2.45) is 0 Å². The third kappa shape index (κ3) is 5.11. The van der Waals surface area contributed by atoms with Crippen molar-refractivity contribution in [2.45, 2.75) is 77.5 Å². The third-order valence-corrected chi connectivity index (χ3v) is 9.42. The smallest absolute Gasteiger partial charge is 0.412 e. The Morgan fingerprint density at radius 3 is 2.52 bits per heavy atom. The number of carbonyl (C=O) groups excluding carboxylic acids is 2. The van der Waals surface area contributed by atoms with Crippen LogP contribution in [0.3, 0.4) is 0 Å². The Kier molecular flexibility index (Phi) is 7.08. The zero-order valence-corrected chi connectivity index (χ0v) is 26.1. The number of ether oxygens (including phenoxy) is 3. The Labute approximate surface area is 267 Å². The number of hydrogen-bond donors (Lipinski definition) is 3. The fourth-order valence-electron chi connectivity index (χ4n) is 7.47. The Morgan fingerprint density at radius 1 is 0.870 bits per heavy atom. The molecule has 3 N–H and O–H groups in total. The second-order valence-electron chi connectivity index (χ2n) is 12.9. The minimum absolute atomic E-state index is 0.0328. The van der Waals surface area contributed by atoms with Gasteiger partial charge in [-0.05, 0) is 104 Å². The molecule has 3 aliphatic rings. The van der Waals surface area contributed by atoms with Gasteiger partial charge in [-0.1, -0.05) is 31.4 Å². The van der Waals surface area contributed by atoms with Gasteiger partial charge in [0.05, 0.1) is 17.2 Å². The molecule has 1 aromatic heterocycles. The molecule has 0 bridgehead atoms. The second-order valence-corrected chi connectivity index (χ2v) is 12.9. The fraction of sp³-hybridized carbons (Fsp3) is 0.316. The van der Waals surface area contributed by atoms with Crippen LogP contribution in [-0.2, 0) is 19.4 Å². The maximum Gasteiger partial charge on any atom is 0.412 e. The summed E-state index contributed by atoms with van der Waals surface area (Å²) in [7, 11) is 0. The van der Waals surface area contributed by atoms with Gasteiger partial charge < -0.3 is 29.8 Å². The van der Waals surface area contributed by atoms with Gasteiger partial charge in [-0.3, -0.25) is 4.79 Å². The lowest BCUT2D eigenvalue weighted by atomic mass is 9.80. The Hall–Kier alpha value is -4.98. The molecule has 8 heteroatoms. The number of fused-ring (bicyclic) bond motifs is 10. The first kappa shape index (κ1) is 28.5. The van der Waals surface area contributed by atoms with E-state index in [4.69, 9.17) is 14.2 Å². The van der Waals surface area contributed by atoms with Crippen molar-refractivity contribution in [3.05, 3.63) is 82.9 Å². The molecule has 1 aliphatic heterocycles. The largest absolute Gasteiger partial charge is 0.491 e. The highest BCUT2D eigenvalue weighted by atomic mass is 16.6. The van der Waals surface area contributed by atoms with Crippen molar-refractivity contribution in [1.82, 2.24) is 15.6 Å². The van der Waals surface area contributed by atoms with Gasteiger partial charge in [0.25, 0.3) is 5.91 Å². The van der Waals surface area contributed by atoms with Gasteiger partial charge in [-0.15, -0.1) is 0 Å². The van der Waals surface area contributed by atoms with Gasteiger partial charge >= 0.3 is 6.09 Å². The van der Waals surface area contributed by atoms with Crippen LogP contribution in [0.2, 0.25) is 0 Å². The molecule has 0 radical (unpaired) electrons. The zero-order valence-electron chi connectivity index (χ0n) is 26.1. The van der Waals surface area contributed by atoms with E-state index in [1.807, 2.05) is 50.2 Å². The van der Waals surface area contributed by atoms with Crippen LogP contribution in [0.1, 0.15) is 73.0 Å². The van der Waals surface area contributed by atoms with E-state index in [-0.39, 0.29) is 18.1 Å². The lowest BCUT2D eigenvalue weighted by Crippen LogP contribution is -2.37. The number of aromatic amines is 1. The van der Waals surface area contributed by atoms with Gasteiger partial charge in [0.2, 0.25) is 0 Å². The predicted molar refractivity (Wildman–Crippen MR) is 178 cm³/mol. The third-order valence-electron chi connectivity index (χ3n) is 9.42. The van der Waals surface area contributed by atoms with Crippen molar-refractivity contribution in [2.75, 3.05) is 0 Å². The molecule has 5 aromatic rings. The molecule has 2 amide bonds. The molecule has 2 heterocycles. The highest BCUT2D eigenvalue weighted by Gasteiger charge is 2.33. The number of aromatic nitrogens is 1. The lowest BCUT2D eigenvalue weighted by molar-refractivity contribution is 0.0966. The number of hydrogen-bond acceptors (Lipinski definition) is 5. The van der Waals surface area contributed by atoms with Crippen LogP contribution in [0.5, 0.6) is 23.0 Å². The van der Waals surface area contributed by atoms with E-state index >= 15 is 0 Å². The van der Waals surface area contributed by atoms with Gasteiger partial charge in [-0.2, -0.15) is 0 Å². The van der Waals surface area contributed by atoms with Crippen molar-refractivity contribution in [1.29, 1.82) is 0 Å². The molecule has 4 aromatic carbocycles. The SMILES string of the molecule is CC(C)Oc1ccc2c(c1)CCc1c-2c2c(c3c1[nH]c1ccc(Oc4cccc(OC(=O)NC5CCCCC5)c4)cc13)CNC2=O. The summed E-state index contributed by atoms with van der Waals surface area (Å²) >= 11 is 0. The normalized spacial score (nSPS) is 15.8. The van der Waals surface area contributed by atoms with Crippen LogP contribution in [0.4, 0.5) is 4.79 Å². The van der Waals surface area contributed by atoms with E-state index in [9.17, 15) is 9.59 Å². The van der Waals surface area contributed by atoms with Crippen molar-refractivity contribution >= 4 is 33.8 Å². The molecule has 234 valence electrons. The number of H-pyrrole nitrogens is 1. The summed E-state index contributed by atoms with van der Waals surface area (Å²) in [6.45, 7) is 4.53. The molecule has 8 nitrogen and oxygen atoms in total. The van der Waals surface area contributed by atoms with Gasteiger partial charge in [0, 0.05) is 40.5 Å². The number of nitrogens with one attached hydrogen (secondary N) is 3. The number of benzene rings is 4. The van der Waals surface area contributed by atoms with Gasteiger partial charge in [0.1, 0.15) is 23.0 Å². The number of aryl methyl sites for hydroxylation is 2. The molecule has 2 aliphatic carbocycles. The van der Waals surface area contributed by atoms with E-state index in [1.165, 1.54) is 17.5 Å². The van der Waals surface area contributed by atoms with E-state index < -0.39 is 6.09 Å². The van der Waals surface area contributed by atoms with Gasteiger partial charge in [0.15, 0.2) is 0 Å². The summed E-state index contributed by atoms with van der Waals surface area (Å²) in [6.07, 6.45) is 6.83. The van der Waals surface area contributed by atoms with Crippen molar-refractivity contribution < 1.29 is 23.8 Å². The summed E-state index contributed by atoms with van der Waals surface area (Å²) in [5, 5.41) is 8.16. The van der Waals surface area contributed by atoms with Gasteiger partial charge in [-0.25, -0.2) is 4.79 Å². The zero-order chi connectivity index (χ0) is 31.4. The summed E-state index contributed by atoms with van der Waals surface area (Å²) in [5.74, 6) is 2.48. The Balaban J connectivity index is 1.13. The molecule has 0 spiro atoms. The van der Waals surface area contributed by atoms with E-state index in [0.717, 1.165) is 88.3 Å². The first-order chi connectivity index (χ1) is 22.4. The van der Waals surface area contributed by atoms with Crippen LogP contribution in [0.15, 0.2) is 60.7 Å². The first-order valence-corrected chi connectivity index (χ1v) is 16.4.